The minimum Gasteiger partial charge on any atom is -0.508 e. The number of phenols is 1. The fourth-order valence-electron chi connectivity index (χ4n) is 2.36. The molecule has 0 spiro atoms. The number of phenolic OH excluding ortho intramolecular Hbond substituents is 1. The first kappa shape index (κ1) is 13.3. The van der Waals surface area contributed by atoms with E-state index in [2.05, 4.69) is 25.7 Å². The third kappa shape index (κ3) is 2.84. The highest BCUT2D eigenvalue weighted by Crippen LogP contribution is 2.21. The lowest BCUT2D eigenvalue weighted by atomic mass is 10.1. The lowest BCUT2D eigenvalue weighted by Gasteiger charge is -2.01. The van der Waals surface area contributed by atoms with Crippen LogP contribution in [0, 0.1) is 0 Å². The molecule has 0 atom stereocenters. The predicted octanol–water partition coefficient (Wildman–Crippen LogP) is 2.99. The van der Waals surface area contributed by atoms with E-state index in [0.717, 1.165) is 22.2 Å². The van der Waals surface area contributed by atoms with Crippen molar-refractivity contribution in [3.8, 4) is 5.75 Å². The van der Waals surface area contributed by atoms with Gasteiger partial charge in [-0.3, -0.25) is 5.10 Å². The number of fused-ring (bicyclic) bond motifs is 1. The molecule has 0 aliphatic carbocycles. The predicted molar refractivity (Wildman–Crippen MR) is 84.6 cm³/mol. The average Bonchev–Trinajstić information content (AvgIpc) is 3.16. The number of aromatic nitrogens is 4. The van der Waals surface area contributed by atoms with Gasteiger partial charge in [-0.15, -0.1) is 5.10 Å². The van der Waals surface area contributed by atoms with Crippen LogP contribution in [0.1, 0.15) is 11.5 Å². The van der Waals surface area contributed by atoms with Gasteiger partial charge in [-0.25, -0.2) is 0 Å². The summed E-state index contributed by atoms with van der Waals surface area (Å²) in [5, 5.41) is 28.4. The molecule has 114 valence electrons. The zero-order chi connectivity index (χ0) is 15.6. The molecule has 0 amide bonds. The van der Waals surface area contributed by atoms with Crippen LogP contribution in [0.3, 0.4) is 0 Å². The smallest absolute Gasteiger partial charge is 0.320 e. The third-order valence-electron chi connectivity index (χ3n) is 3.42. The number of H-pyrrole nitrogens is 1. The number of rotatable bonds is 4. The van der Waals surface area contributed by atoms with Crippen LogP contribution in [-0.2, 0) is 6.42 Å². The van der Waals surface area contributed by atoms with Crippen molar-refractivity contribution in [1.29, 1.82) is 0 Å². The summed E-state index contributed by atoms with van der Waals surface area (Å²) in [5.41, 5.74) is 2.71. The molecule has 2 heterocycles. The lowest BCUT2D eigenvalue weighted by molar-refractivity contribution is 0.474. The molecule has 0 bridgehead atoms. The van der Waals surface area contributed by atoms with Gasteiger partial charge in [0.1, 0.15) is 5.75 Å². The number of hydrogen-bond acceptors (Lipinski definition) is 6. The van der Waals surface area contributed by atoms with E-state index in [1.807, 2.05) is 24.3 Å². The van der Waals surface area contributed by atoms with Gasteiger partial charge in [0.2, 0.25) is 5.89 Å². The summed E-state index contributed by atoms with van der Waals surface area (Å²) in [7, 11) is 0. The molecule has 23 heavy (non-hydrogen) atoms. The summed E-state index contributed by atoms with van der Waals surface area (Å²) in [5.74, 6) is 0.691. The number of nitrogens with zero attached hydrogens (tertiary/aromatic N) is 3. The Kier molecular flexibility index (Phi) is 3.16. The summed E-state index contributed by atoms with van der Waals surface area (Å²) in [6.07, 6.45) is 2.21. The summed E-state index contributed by atoms with van der Waals surface area (Å²) < 4.78 is 5.59. The van der Waals surface area contributed by atoms with Crippen molar-refractivity contribution >= 4 is 22.6 Å². The largest absolute Gasteiger partial charge is 0.508 e. The van der Waals surface area contributed by atoms with Crippen molar-refractivity contribution in [2.45, 2.75) is 6.42 Å². The molecule has 0 saturated carbocycles. The van der Waals surface area contributed by atoms with Gasteiger partial charge in [0, 0.05) is 11.1 Å². The van der Waals surface area contributed by atoms with Gasteiger partial charge in [0.25, 0.3) is 0 Å². The molecule has 0 unspecified atom stereocenters. The van der Waals surface area contributed by atoms with Crippen LogP contribution >= 0.6 is 0 Å². The Bertz CT molecular complexity index is 960. The van der Waals surface area contributed by atoms with Crippen LogP contribution in [0.2, 0.25) is 0 Å². The average molecular weight is 307 g/mol. The van der Waals surface area contributed by atoms with Gasteiger partial charge in [0.15, 0.2) is 0 Å². The van der Waals surface area contributed by atoms with E-state index in [-0.39, 0.29) is 5.75 Å². The molecule has 3 N–H and O–H groups in total. The van der Waals surface area contributed by atoms with Gasteiger partial charge >= 0.3 is 6.01 Å². The van der Waals surface area contributed by atoms with Crippen LogP contribution in [0.4, 0.5) is 11.7 Å². The molecule has 0 aliphatic rings. The minimum absolute atomic E-state index is 0.216. The molecule has 7 nitrogen and oxygen atoms in total. The quantitative estimate of drug-likeness (QED) is 0.536. The molecule has 4 aromatic rings. The van der Waals surface area contributed by atoms with Crippen LogP contribution in [0.15, 0.2) is 53.1 Å². The van der Waals surface area contributed by atoms with Crippen molar-refractivity contribution in [3.05, 3.63) is 60.1 Å². The fourth-order valence-corrected chi connectivity index (χ4v) is 2.36. The second kappa shape index (κ2) is 5.45. The van der Waals surface area contributed by atoms with Crippen molar-refractivity contribution in [2.24, 2.45) is 0 Å². The number of aromatic amines is 1. The van der Waals surface area contributed by atoms with E-state index in [1.54, 1.807) is 24.4 Å². The van der Waals surface area contributed by atoms with E-state index in [9.17, 15) is 5.11 Å². The van der Waals surface area contributed by atoms with Gasteiger partial charge in [-0.05, 0) is 35.9 Å². The second-order valence-electron chi connectivity index (χ2n) is 5.14. The zero-order valence-electron chi connectivity index (χ0n) is 12.0. The molecule has 0 saturated heterocycles. The Balaban J connectivity index is 1.51. The van der Waals surface area contributed by atoms with Gasteiger partial charge in [-0.2, -0.15) is 5.10 Å². The van der Waals surface area contributed by atoms with Crippen molar-refractivity contribution in [1.82, 2.24) is 20.4 Å². The maximum atomic E-state index is 9.47. The molecule has 0 fully saturated rings. The van der Waals surface area contributed by atoms with E-state index in [4.69, 9.17) is 4.42 Å². The maximum Gasteiger partial charge on any atom is 0.320 e. The number of nitrogens with one attached hydrogen (secondary N) is 2. The van der Waals surface area contributed by atoms with Gasteiger partial charge in [0.05, 0.1) is 18.1 Å². The van der Waals surface area contributed by atoms with E-state index in [1.165, 1.54) is 0 Å². The molecule has 7 heteroatoms. The number of benzene rings is 2. The van der Waals surface area contributed by atoms with Crippen molar-refractivity contribution in [3.63, 3.8) is 0 Å². The molecule has 4 rings (SSSR count). The molecule has 2 aromatic carbocycles. The minimum atomic E-state index is 0.216. The Morgan fingerprint density at radius 2 is 2.09 bits per heavy atom. The summed E-state index contributed by atoms with van der Waals surface area (Å²) in [6.45, 7) is 0. The maximum absolute atomic E-state index is 9.47. The van der Waals surface area contributed by atoms with Crippen LogP contribution < -0.4 is 5.32 Å². The Morgan fingerprint density at radius 1 is 1.13 bits per heavy atom. The SMILES string of the molecule is Oc1cccc(Cc2nnc(Nc3ccc4[nH]ncc4c3)o2)c1. The molecule has 2 aromatic heterocycles. The zero-order valence-corrected chi connectivity index (χ0v) is 12.0. The molecule has 0 aliphatic heterocycles. The van der Waals surface area contributed by atoms with E-state index < -0.39 is 0 Å². The first-order valence-corrected chi connectivity index (χ1v) is 7.07. The molecule has 0 radical (unpaired) electrons. The van der Waals surface area contributed by atoms with Crippen LogP contribution in [0.5, 0.6) is 5.75 Å². The summed E-state index contributed by atoms with van der Waals surface area (Å²) in [6, 6.07) is 13.1. The number of aromatic hydroxyl groups is 1. The van der Waals surface area contributed by atoms with E-state index >= 15 is 0 Å². The number of hydrogen-bond donors (Lipinski definition) is 3. The third-order valence-corrected chi connectivity index (χ3v) is 3.42. The van der Waals surface area contributed by atoms with E-state index in [0.29, 0.717) is 18.3 Å². The Labute approximate surface area is 131 Å². The summed E-state index contributed by atoms with van der Waals surface area (Å²) in [4.78, 5) is 0. The lowest BCUT2D eigenvalue weighted by Crippen LogP contribution is -1.89. The summed E-state index contributed by atoms with van der Waals surface area (Å²) >= 11 is 0. The Hall–Kier alpha value is -3.35. The van der Waals surface area contributed by atoms with Crippen molar-refractivity contribution in [2.75, 3.05) is 5.32 Å². The second-order valence-corrected chi connectivity index (χ2v) is 5.14. The molecular weight excluding hydrogens is 294 g/mol. The Morgan fingerprint density at radius 3 is 3.00 bits per heavy atom. The topological polar surface area (TPSA) is 99.9 Å². The first-order valence-electron chi connectivity index (χ1n) is 7.07. The highest BCUT2D eigenvalue weighted by atomic mass is 16.4. The number of anilines is 2. The molecular formula is C16H13N5O2. The highest BCUT2D eigenvalue weighted by Gasteiger charge is 2.08. The van der Waals surface area contributed by atoms with Crippen LogP contribution in [0.25, 0.3) is 10.9 Å². The monoisotopic (exact) mass is 307 g/mol. The fraction of sp³-hybridized carbons (Fsp3) is 0.0625. The first-order chi connectivity index (χ1) is 11.3. The standard InChI is InChI=1S/C16H13N5O2/c22-13-3-1-2-10(6-13)7-15-20-21-16(23-15)18-12-4-5-14-11(8-12)9-17-19-14/h1-6,8-9,22H,7H2,(H,17,19)(H,18,21). The normalized spacial score (nSPS) is 11.0. The van der Waals surface area contributed by atoms with Gasteiger partial charge < -0.3 is 14.8 Å². The van der Waals surface area contributed by atoms with Crippen LogP contribution in [-0.4, -0.2) is 25.5 Å². The highest BCUT2D eigenvalue weighted by molar-refractivity contribution is 5.82. The van der Waals surface area contributed by atoms with Crippen molar-refractivity contribution < 1.29 is 9.52 Å². The van der Waals surface area contributed by atoms with Gasteiger partial charge in [-0.1, -0.05) is 17.2 Å².